The third-order valence-electron chi connectivity index (χ3n) is 2.73. The summed E-state index contributed by atoms with van der Waals surface area (Å²) in [5.41, 5.74) is 0.925. The lowest BCUT2D eigenvalue weighted by Crippen LogP contribution is -2.20. The topological polar surface area (TPSA) is 51.0 Å². The monoisotopic (exact) mass is 249 g/mol. The van der Waals surface area contributed by atoms with Gasteiger partial charge in [-0.05, 0) is 31.0 Å². The summed E-state index contributed by atoms with van der Waals surface area (Å²) in [4.78, 5) is 4.11. The van der Waals surface area contributed by atoms with Gasteiger partial charge in [-0.3, -0.25) is 0 Å². The number of benzene rings is 1. The van der Waals surface area contributed by atoms with Crippen molar-refractivity contribution in [3.63, 3.8) is 0 Å². The predicted molar refractivity (Wildman–Crippen MR) is 65.3 cm³/mol. The van der Waals surface area contributed by atoms with E-state index in [2.05, 4.69) is 15.5 Å². The number of aromatic nitrogens is 2. The van der Waals surface area contributed by atoms with Crippen molar-refractivity contribution < 1.29 is 8.91 Å². The molecule has 0 amide bonds. The van der Waals surface area contributed by atoms with Crippen LogP contribution in [0.2, 0.25) is 0 Å². The van der Waals surface area contributed by atoms with E-state index in [0.29, 0.717) is 18.3 Å². The lowest BCUT2D eigenvalue weighted by molar-refractivity contribution is 0.353. The molecule has 18 heavy (non-hydrogen) atoms. The van der Waals surface area contributed by atoms with Crippen molar-refractivity contribution in [2.75, 3.05) is 0 Å². The van der Waals surface area contributed by atoms with Gasteiger partial charge in [0.1, 0.15) is 5.82 Å². The summed E-state index contributed by atoms with van der Waals surface area (Å²) >= 11 is 0. The van der Waals surface area contributed by atoms with Crippen molar-refractivity contribution in [2.45, 2.75) is 32.9 Å². The smallest absolute Gasteiger partial charge is 0.240 e. The van der Waals surface area contributed by atoms with Gasteiger partial charge in [0, 0.05) is 6.04 Å². The van der Waals surface area contributed by atoms with Crippen molar-refractivity contribution in [3.05, 3.63) is 47.4 Å². The molecule has 96 valence electrons. The number of nitrogens with one attached hydrogen (secondary N) is 1. The number of rotatable bonds is 5. The first-order chi connectivity index (χ1) is 8.69. The molecule has 1 aromatic heterocycles. The maximum absolute atomic E-state index is 13.2. The molecule has 1 heterocycles. The molecule has 2 aromatic rings. The zero-order chi connectivity index (χ0) is 13.0. The van der Waals surface area contributed by atoms with Crippen LogP contribution in [0.5, 0.6) is 0 Å². The molecule has 0 aliphatic rings. The van der Waals surface area contributed by atoms with Crippen molar-refractivity contribution in [1.29, 1.82) is 0 Å². The molecule has 0 aliphatic heterocycles. The predicted octanol–water partition coefficient (Wildman–Crippen LogP) is 2.76. The lowest BCUT2D eigenvalue weighted by atomic mass is 10.0. The first-order valence-corrected chi connectivity index (χ1v) is 5.97. The highest BCUT2D eigenvalue weighted by atomic mass is 19.1. The van der Waals surface area contributed by atoms with E-state index in [0.717, 1.165) is 12.0 Å². The number of nitrogens with zero attached hydrogens (tertiary/aromatic N) is 2. The largest absolute Gasteiger partial charge is 0.338 e. The van der Waals surface area contributed by atoms with Crippen LogP contribution in [0, 0.1) is 12.7 Å². The van der Waals surface area contributed by atoms with E-state index in [-0.39, 0.29) is 11.9 Å². The molecule has 1 aromatic carbocycles. The molecule has 1 unspecified atom stereocenters. The van der Waals surface area contributed by atoms with Crippen LogP contribution in [-0.4, -0.2) is 10.1 Å². The Labute approximate surface area is 105 Å². The molecule has 4 nitrogen and oxygen atoms in total. The Morgan fingerprint density at radius 3 is 2.89 bits per heavy atom. The Morgan fingerprint density at radius 2 is 2.28 bits per heavy atom. The third kappa shape index (κ3) is 3.13. The fourth-order valence-corrected chi connectivity index (χ4v) is 1.84. The van der Waals surface area contributed by atoms with Gasteiger partial charge in [0.25, 0.3) is 0 Å². The van der Waals surface area contributed by atoms with Gasteiger partial charge in [-0.25, -0.2) is 4.39 Å². The average molecular weight is 249 g/mol. The first-order valence-electron chi connectivity index (χ1n) is 5.97. The van der Waals surface area contributed by atoms with Crippen molar-refractivity contribution in [1.82, 2.24) is 15.5 Å². The summed E-state index contributed by atoms with van der Waals surface area (Å²) < 4.78 is 18.2. The Morgan fingerprint density at radius 1 is 1.44 bits per heavy atom. The van der Waals surface area contributed by atoms with Crippen molar-refractivity contribution in [2.24, 2.45) is 0 Å². The highest BCUT2D eigenvalue weighted by molar-refractivity contribution is 5.20. The van der Waals surface area contributed by atoms with Crippen LogP contribution >= 0.6 is 0 Å². The zero-order valence-corrected chi connectivity index (χ0v) is 10.5. The normalized spacial score (nSPS) is 12.6. The van der Waals surface area contributed by atoms with Gasteiger partial charge in [0.05, 0.1) is 6.54 Å². The molecular weight excluding hydrogens is 233 g/mol. The molecule has 5 heteroatoms. The van der Waals surface area contributed by atoms with Gasteiger partial charge in [-0.1, -0.05) is 24.2 Å². The van der Waals surface area contributed by atoms with Gasteiger partial charge >= 0.3 is 0 Å². The van der Waals surface area contributed by atoms with Crippen LogP contribution in [-0.2, 0) is 6.54 Å². The molecule has 1 N–H and O–H groups in total. The molecule has 1 atom stereocenters. The molecule has 0 saturated carbocycles. The summed E-state index contributed by atoms with van der Waals surface area (Å²) in [6.07, 6.45) is 0.858. The second-order valence-corrected chi connectivity index (χ2v) is 4.13. The van der Waals surface area contributed by atoms with Crippen LogP contribution < -0.4 is 5.32 Å². The molecule has 0 bridgehead atoms. The van der Waals surface area contributed by atoms with Crippen LogP contribution in [0.4, 0.5) is 4.39 Å². The van der Waals surface area contributed by atoms with Gasteiger partial charge < -0.3 is 9.84 Å². The fourth-order valence-electron chi connectivity index (χ4n) is 1.84. The Balaban J connectivity index is 2.01. The first kappa shape index (κ1) is 12.7. The average Bonchev–Trinajstić information content (AvgIpc) is 2.76. The molecule has 0 radical (unpaired) electrons. The van der Waals surface area contributed by atoms with Crippen molar-refractivity contribution in [3.8, 4) is 0 Å². The fraction of sp³-hybridized carbons (Fsp3) is 0.385. The SMILES string of the molecule is CCC(NCc1nc(C)no1)c1cccc(F)c1. The second-order valence-electron chi connectivity index (χ2n) is 4.13. The highest BCUT2D eigenvalue weighted by Gasteiger charge is 2.11. The minimum Gasteiger partial charge on any atom is -0.338 e. The van der Waals surface area contributed by atoms with E-state index in [4.69, 9.17) is 4.52 Å². The number of aryl methyl sites for hydroxylation is 1. The molecule has 0 spiro atoms. The maximum Gasteiger partial charge on any atom is 0.240 e. The summed E-state index contributed by atoms with van der Waals surface area (Å²) in [5, 5.41) is 7.00. The van der Waals surface area contributed by atoms with Gasteiger partial charge in [-0.15, -0.1) is 0 Å². The highest BCUT2D eigenvalue weighted by Crippen LogP contribution is 2.17. The van der Waals surface area contributed by atoms with Gasteiger partial charge in [0.2, 0.25) is 5.89 Å². The van der Waals surface area contributed by atoms with E-state index >= 15 is 0 Å². The molecule has 0 saturated heterocycles. The number of hydrogen-bond donors (Lipinski definition) is 1. The number of halogens is 1. The van der Waals surface area contributed by atoms with E-state index in [1.807, 2.05) is 13.0 Å². The Hall–Kier alpha value is -1.75. The van der Waals surface area contributed by atoms with E-state index in [1.165, 1.54) is 6.07 Å². The number of hydrogen-bond acceptors (Lipinski definition) is 4. The summed E-state index contributed by atoms with van der Waals surface area (Å²) in [7, 11) is 0. The lowest BCUT2D eigenvalue weighted by Gasteiger charge is -2.16. The molecule has 2 rings (SSSR count). The minimum absolute atomic E-state index is 0.0768. The zero-order valence-electron chi connectivity index (χ0n) is 10.5. The second kappa shape index (κ2) is 5.73. The van der Waals surface area contributed by atoms with E-state index in [1.54, 1.807) is 19.1 Å². The third-order valence-corrected chi connectivity index (χ3v) is 2.73. The van der Waals surface area contributed by atoms with E-state index in [9.17, 15) is 4.39 Å². The van der Waals surface area contributed by atoms with E-state index < -0.39 is 0 Å². The Bertz CT molecular complexity index is 512. The van der Waals surface area contributed by atoms with Crippen LogP contribution in [0.1, 0.15) is 36.7 Å². The summed E-state index contributed by atoms with van der Waals surface area (Å²) in [5.74, 6) is 0.939. The quantitative estimate of drug-likeness (QED) is 0.885. The summed E-state index contributed by atoms with van der Waals surface area (Å²) in [6.45, 7) is 4.30. The van der Waals surface area contributed by atoms with Crippen LogP contribution in [0.25, 0.3) is 0 Å². The Kier molecular flexibility index (Phi) is 4.04. The van der Waals surface area contributed by atoms with Crippen molar-refractivity contribution >= 4 is 0 Å². The summed E-state index contributed by atoms with van der Waals surface area (Å²) in [6, 6.07) is 6.68. The minimum atomic E-state index is -0.221. The van der Waals surface area contributed by atoms with Crippen LogP contribution in [0.3, 0.4) is 0 Å². The van der Waals surface area contributed by atoms with Crippen LogP contribution in [0.15, 0.2) is 28.8 Å². The molecule has 0 fully saturated rings. The van der Waals surface area contributed by atoms with Gasteiger partial charge in [0.15, 0.2) is 5.82 Å². The maximum atomic E-state index is 13.2. The molecular formula is C13H16FN3O. The standard InChI is InChI=1S/C13H16FN3O/c1-3-12(10-5-4-6-11(14)7-10)15-8-13-16-9(2)17-18-13/h4-7,12,15H,3,8H2,1-2H3. The molecule has 0 aliphatic carbocycles. The van der Waals surface area contributed by atoms with Gasteiger partial charge in [-0.2, -0.15) is 4.98 Å².